The van der Waals surface area contributed by atoms with E-state index in [2.05, 4.69) is 9.97 Å². The van der Waals surface area contributed by atoms with Crippen LogP contribution in [-0.4, -0.2) is 14.9 Å². The number of aromatic nitrogens is 2. The lowest BCUT2D eigenvalue weighted by molar-refractivity contribution is -0.386. The predicted molar refractivity (Wildman–Crippen MR) is 64.9 cm³/mol. The molecule has 0 spiro atoms. The highest BCUT2D eigenvalue weighted by atomic mass is 35.5. The molecule has 0 saturated carbocycles. The molecule has 0 saturated heterocycles. The first-order valence-corrected chi connectivity index (χ1v) is 5.33. The third-order valence-electron chi connectivity index (χ3n) is 2.08. The van der Waals surface area contributed by atoms with Gasteiger partial charge in [0.25, 0.3) is 0 Å². The van der Waals surface area contributed by atoms with Crippen LogP contribution in [0.1, 0.15) is 5.56 Å². The van der Waals surface area contributed by atoms with Gasteiger partial charge in [-0.3, -0.25) is 10.1 Å². The summed E-state index contributed by atoms with van der Waals surface area (Å²) >= 11 is 5.57. The highest BCUT2D eigenvalue weighted by Crippen LogP contribution is 2.29. The molecular weight excluding hydrogens is 272 g/mol. The highest BCUT2D eigenvalue weighted by Gasteiger charge is 2.19. The molecule has 19 heavy (non-hydrogen) atoms. The van der Waals surface area contributed by atoms with Crippen LogP contribution >= 0.6 is 11.6 Å². The van der Waals surface area contributed by atoms with Gasteiger partial charge in [0.2, 0.25) is 5.28 Å². The Labute approximate surface area is 112 Å². The summed E-state index contributed by atoms with van der Waals surface area (Å²) in [6.07, 6.45) is 0.957. The summed E-state index contributed by atoms with van der Waals surface area (Å²) in [7, 11) is 0. The first-order chi connectivity index (χ1) is 9.10. The fraction of sp³-hybridized carbons (Fsp3) is 0. The fourth-order valence-corrected chi connectivity index (χ4v) is 1.41. The van der Waals surface area contributed by atoms with Gasteiger partial charge in [0.15, 0.2) is 0 Å². The summed E-state index contributed by atoms with van der Waals surface area (Å²) < 4.78 is 5.27. The van der Waals surface area contributed by atoms with Crippen LogP contribution in [0, 0.1) is 21.4 Å². The van der Waals surface area contributed by atoms with Crippen molar-refractivity contribution in [2.24, 2.45) is 0 Å². The third-order valence-corrected chi connectivity index (χ3v) is 2.26. The number of hydrogen-bond acceptors (Lipinski definition) is 6. The molecule has 0 radical (unpaired) electrons. The molecule has 0 N–H and O–H groups in total. The number of rotatable bonds is 3. The Hall–Kier alpha value is -2.72. The second-order valence-electron chi connectivity index (χ2n) is 3.33. The van der Waals surface area contributed by atoms with E-state index in [1.165, 1.54) is 6.07 Å². The van der Waals surface area contributed by atoms with Crippen molar-refractivity contribution in [2.75, 3.05) is 0 Å². The molecule has 0 fully saturated rings. The summed E-state index contributed by atoms with van der Waals surface area (Å²) in [4.78, 5) is 17.3. The van der Waals surface area contributed by atoms with Gasteiger partial charge < -0.3 is 4.74 Å². The summed E-state index contributed by atoms with van der Waals surface area (Å²) in [5, 5.41) is 19.4. The zero-order chi connectivity index (χ0) is 13.8. The molecule has 2 aromatic rings. The minimum Gasteiger partial charge on any atom is -0.434 e. The Morgan fingerprint density at radius 2 is 2.26 bits per heavy atom. The number of ether oxygens (including phenoxy) is 1. The Bertz CT molecular complexity index is 684. The van der Waals surface area contributed by atoms with Crippen molar-refractivity contribution in [3.8, 4) is 17.7 Å². The molecule has 0 aliphatic heterocycles. The van der Waals surface area contributed by atoms with Crippen LogP contribution in [0.5, 0.6) is 11.6 Å². The monoisotopic (exact) mass is 276 g/mol. The Morgan fingerprint density at radius 1 is 1.47 bits per heavy atom. The van der Waals surface area contributed by atoms with Crippen molar-refractivity contribution in [1.29, 1.82) is 5.26 Å². The quantitative estimate of drug-likeness (QED) is 0.485. The number of nitriles is 1. The van der Waals surface area contributed by atoms with Crippen molar-refractivity contribution in [3.05, 3.63) is 51.4 Å². The summed E-state index contributed by atoms with van der Waals surface area (Å²) in [5.74, 6) is -0.0305. The molecule has 1 aromatic heterocycles. The first kappa shape index (κ1) is 12.7. The van der Waals surface area contributed by atoms with Crippen molar-refractivity contribution in [3.63, 3.8) is 0 Å². The molecule has 0 amide bonds. The lowest BCUT2D eigenvalue weighted by atomic mass is 10.2. The zero-order valence-electron chi connectivity index (χ0n) is 9.28. The number of halogens is 1. The van der Waals surface area contributed by atoms with Gasteiger partial charge in [0, 0.05) is 0 Å². The van der Waals surface area contributed by atoms with E-state index < -0.39 is 10.6 Å². The third kappa shape index (κ3) is 2.94. The van der Waals surface area contributed by atoms with E-state index in [0.717, 1.165) is 6.20 Å². The maximum atomic E-state index is 10.8. The highest BCUT2D eigenvalue weighted by molar-refractivity contribution is 6.28. The molecule has 2 rings (SSSR count). The lowest BCUT2D eigenvalue weighted by Gasteiger charge is -2.05. The smallest absolute Gasteiger partial charge is 0.349 e. The van der Waals surface area contributed by atoms with E-state index in [0.29, 0.717) is 5.56 Å². The molecule has 0 unspecified atom stereocenters. The number of benzene rings is 1. The second-order valence-corrected chi connectivity index (χ2v) is 3.67. The summed E-state index contributed by atoms with van der Waals surface area (Å²) in [6.45, 7) is 0. The van der Waals surface area contributed by atoms with Crippen LogP contribution < -0.4 is 4.74 Å². The van der Waals surface area contributed by atoms with E-state index in [1.807, 2.05) is 6.07 Å². The molecule has 0 atom stereocenters. The molecule has 0 aliphatic rings. The van der Waals surface area contributed by atoms with Gasteiger partial charge in [-0.25, -0.2) is 4.98 Å². The van der Waals surface area contributed by atoms with Crippen LogP contribution in [0.4, 0.5) is 5.69 Å². The van der Waals surface area contributed by atoms with Gasteiger partial charge in [0.05, 0.1) is 16.6 Å². The molecule has 1 heterocycles. The van der Waals surface area contributed by atoms with E-state index in [1.54, 1.807) is 18.2 Å². The van der Waals surface area contributed by atoms with Crippen LogP contribution in [-0.2, 0) is 0 Å². The maximum absolute atomic E-state index is 10.8. The summed E-state index contributed by atoms with van der Waals surface area (Å²) in [6, 6.07) is 8.07. The average molecular weight is 277 g/mol. The van der Waals surface area contributed by atoms with Crippen molar-refractivity contribution >= 4 is 17.3 Å². The normalized spacial score (nSPS) is 9.68. The SMILES string of the molecule is N#Cc1cccc(Oc2nc(Cl)ncc2[N+](=O)[O-])c1. The lowest BCUT2D eigenvalue weighted by Crippen LogP contribution is -1.98. The van der Waals surface area contributed by atoms with Crippen molar-refractivity contribution in [1.82, 2.24) is 9.97 Å². The molecule has 8 heteroatoms. The van der Waals surface area contributed by atoms with E-state index in [4.69, 9.17) is 21.6 Å². The zero-order valence-corrected chi connectivity index (χ0v) is 10.0. The maximum Gasteiger partial charge on any atom is 0.349 e. The van der Waals surface area contributed by atoms with E-state index in [9.17, 15) is 10.1 Å². The Morgan fingerprint density at radius 3 is 2.95 bits per heavy atom. The van der Waals surface area contributed by atoms with Crippen molar-refractivity contribution in [2.45, 2.75) is 0 Å². The molecule has 0 aliphatic carbocycles. The molecular formula is C11H5ClN4O3. The second kappa shape index (κ2) is 5.29. The van der Waals surface area contributed by atoms with Crippen molar-refractivity contribution < 1.29 is 9.66 Å². The first-order valence-electron chi connectivity index (χ1n) is 4.95. The molecule has 94 valence electrons. The fourth-order valence-electron chi connectivity index (χ4n) is 1.28. The number of nitrogens with zero attached hydrogens (tertiary/aromatic N) is 4. The average Bonchev–Trinajstić information content (AvgIpc) is 2.38. The number of nitro groups is 1. The predicted octanol–water partition coefficient (Wildman–Crippen LogP) is 2.70. The van der Waals surface area contributed by atoms with Crippen LogP contribution in [0.15, 0.2) is 30.5 Å². The van der Waals surface area contributed by atoms with Gasteiger partial charge >= 0.3 is 11.6 Å². The molecule has 0 bridgehead atoms. The van der Waals surface area contributed by atoms with Gasteiger partial charge in [-0.15, -0.1) is 0 Å². The van der Waals surface area contributed by atoms with E-state index >= 15 is 0 Å². The van der Waals surface area contributed by atoms with Crippen LogP contribution in [0.2, 0.25) is 5.28 Å². The Kier molecular flexibility index (Phi) is 3.54. The van der Waals surface area contributed by atoms with Gasteiger partial charge in [0.1, 0.15) is 11.9 Å². The largest absolute Gasteiger partial charge is 0.434 e. The van der Waals surface area contributed by atoms with Gasteiger partial charge in [-0.2, -0.15) is 10.2 Å². The van der Waals surface area contributed by atoms with Gasteiger partial charge in [-0.05, 0) is 29.8 Å². The minimum atomic E-state index is -0.681. The van der Waals surface area contributed by atoms with Crippen LogP contribution in [0.3, 0.4) is 0 Å². The summed E-state index contributed by atoms with van der Waals surface area (Å²) in [5.41, 5.74) is -0.0490. The number of hydrogen-bond donors (Lipinski definition) is 0. The topological polar surface area (TPSA) is 102 Å². The standard InChI is InChI=1S/C11H5ClN4O3/c12-11-14-6-9(16(17)18)10(15-11)19-8-3-1-2-7(4-8)5-13/h1-4,6H. The molecule has 7 nitrogen and oxygen atoms in total. The minimum absolute atomic E-state index is 0.169. The van der Waals surface area contributed by atoms with E-state index in [-0.39, 0.29) is 16.9 Å². The van der Waals surface area contributed by atoms with Crippen LogP contribution in [0.25, 0.3) is 0 Å². The Balaban J connectivity index is 2.40. The molecule has 1 aromatic carbocycles. The van der Waals surface area contributed by atoms with Gasteiger partial charge in [-0.1, -0.05) is 6.07 Å².